The topological polar surface area (TPSA) is 36.7 Å². The standard InChI is InChI=1S/C8H6N2S/c9-4-6-1-2-7-8(3-6)11-5-10-7/h3,5H,1-2H2. The molecular formula is C8H6N2S. The quantitative estimate of drug-likeness (QED) is 0.585. The molecule has 0 spiro atoms. The minimum Gasteiger partial charge on any atom is -0.249 e. The molecule has 1 aromatic heterocycles. The Morgan fingerprint density at radius 2 is 2.45 bits per heavy atom. The molecule has 0 aromatic carbocycles. The van der Waals surface area contributed by atoms with Gasteiger partial charge in [0.05, 0.1) is 22.2 Å². The summed E-state index contributed by atoms with van der Waals surface area (Å²) in [6.07, 6.45) is 3.72. The third-order valence-electron chi connectivity index (χ3n) is 1.75. The van der Waals surface area contributed by atoms with Gasteiger partial charge in [-0.3, -0.25) is 0 Å². The van der Waals surface area contributed by atoms with Gasteiger partial charge in [0.25, 0.3) is 0 Å². The van der Waals surface area contributed by atoms with E-state index in [9.17, 15) is 0 Å². The van der Waals surface area contributed by atoms with Crippen LogP contribution >= 0.6 is 11.3 Å². The highest BCUT2D eigenvalue weighted by molar-refractivity contribution is 7.10. The van der Waals surface area contributed by atoms with Crippen molar-refractivity contribution in [2.75, 3.05) is 0 Å². The lowest BCUT2D eigenvalue weighted by Gasteiger charge is -2.04. The molecule has 0 saturated heterocycles. The number of fused-ring (bicyclic) bond motifs is 1. The summed E-state index contributed by atoms with van der Waals surface area (Å²) >= 11 is 1.61. The zero-order chi connectivity index (χ0) is 7.68. The second kappa shape index (κ2) is 2.48. The number of hydrogen-bond donors (Lipinski definition) is 0. The van der Waals surface area contributed by atoms with E-state index in [1.165, 1.54) is 0 Å². The van der Waals surface area contributed by atoms with Crippen LogP contribution in [0, 0.1) is 11.3 Å². The van der Waals surface area contributed by atoms with Gasteiger partial charge in [-0.2, -0.15) is 5.26 Å². The molecule has 0 N–H and O–H groups in total. The number of rotatable bonds is 0. The maximum atomic E-state index is 8.62. The van der Waals surface area contributed by atoms with Crippen molar-refractivity contribution in [3.05, 3.63) is 21.7 Å². The summed E-state index contributed by atoms with van der Waals surface area (Å²) in [5.41, 5.74) is 3.86. The van der Waals surface area contributed by atoms with E-state index < -0.39 is 0 Å². The Kier molecular flexibility index (Phi) is 1.48. The van der Waals surface area contributed by atoms with Crippen LogP contribution in [0.25, 0.3) is 6.08 Å². The predicted molar refractivity (Wildman–Crippen MR) is 44.0 cm³/mol. The highest BCUT2D eigenvalue weighted by atomic mass is 32.1. The Hall–Kier alpha value is -1.14. The summed E-state index contributed by atoms with van der Waals surface area (Å²) in [5.74, 6) is 0. The first kappa shape index (κ1) is 6.56. The Labute approximate surface area is 68.8 Å². The molecule has 1 aliphatic rings. The first-order chi connectivity index (χ1) is 5.40. The van der Waals surface area contributed by atoms with Crippen molar-refractivity contribution in [3.63, 3.8) is 0 Å². The molecule has 1 aromatic rings. The molecule has 2 nitrogen and oxygen atoms in total. The molecule has 0 fully saturated rings. The van der Waals surface area contributed by atoms with Gasteiger partial charge in [-0.05, 0) is 18.9 Å². The maximum Gasteiger partial charge on any atom is 0.0947 e. The SMILES string of the molecule is N#CC1=Cc2scnc2CC1. The number of nitrogens with zero attached hydrogens (tertiary/aromatic N) is 2. The molecule has 0 bridgehead atoms. The Balaban J connectivity index is 2.47. The largest absolute Gasteiger partial charge is 0.249 e. The molecule has 1 heterocycles. The van der Waals surface area contributed by atoms with Crippen LogP contribution in [0.5, 0.6) is 0 Å². The van der Waals surface area contributed by atoms with Crippen LogP contribution < -0.4 is 0 Å². The van der Waals surface area contributed by atoms with Crippen LogP contribution in [-0.2, 0) is 6.42 Å². The molecule has 0 radical (unpaired) electrons. The Bertz CT molecular complexity index is 343. The van der Waals surface area contributed by atoms with E-state index >= 15 is 0 Å². The number of nitriles is 1. The zero-order valence-electron chi connectivity index (χ0n) is 5.87. The molecular weight excluding hydrogens is 156 g/mol. The third kappa shape index (κ3) is 1.06. The van der Waals surface area contributed by atoms with Gasteiger partial charge in [0.15, 0.2) is 0 Å². The molecule has 3 heteroatoms. The molecule has 11 heavy (non-hydrogen) atoms. The van der Waals surface area contributed by atoms with Crippen molar-refractivity contribution in [3.8, 4) is 6.07 Å². The fourth-order valence-electron chi connectivity index (χ4n) is 1.16. The Morgan fingerprint density at radius 1 is 1.55 bits per heavy atom. The van der Waals surface area contributed by atoms with Gasteiger partial charge in [0, 0.05) is 5.57 Å². The van der Waals surface area contributed by atoms with E-state index in [0.29, 0.717) is 0 Å². The summed E-state index contributed by atoms with van der Waals surface area (Å²) in [7, 11) is 0. The van der Waals surface area contributed by atoms with Crippen LogP contribution in [0.4, 0.5) is 0 Å². The first-order valence-corrected chi connectivity index (χ1v) is 4.31. The lowest BCUT2D eigenvalue weighted by Crippen LogP contribution is -1.95. The first-order valence-electron chi connectivity index (χ1n) is 3.43. The molecule has 0 amide bonds. The molecule has 0 saturated carbocycles. The fraction of sp³-hybridized carbons (Fsp3) is 0.250. The van der Waals surface area contributed by atoms with Crippen molar-refractivity contribution in [1.82, 2.24) is 4.98 Å². The number of hydrogen-bond acceptors (Lipinski definition) is 3. The lowest BCUT2D eigenvalue weighted by atomic mass is 10.0. The zero-order valence-corrected chi connectivity index (χ0v) is 6.69. The molecule has 54 valence electrons. The second-order valence-electron chi connectivity index (χ2n) is 2.44. The van der Waals surface area contributed by atoms with Gasteiger partial charge >= 0.3 is 0 Å². The smallest absolute Gasteiger partial charge is 0.0947 e. The summed E-state index contributed by atoms with van der Waals surface area (Å²) < 4.78 is 0. The van der Waals surface area contributed by atoms with E-state index in [1.54, 1.807) is 11.3 Å². The minimum absolute atomic E-state index is 0.854. The van der Waals surface area contributed by atoms with Gasteiger partial charge in [0.1, 0.15) is 0 Å². The van der Waals surface area contributed by atoms with Crippen LogP contribution in [0.15, 0.2) is 11.1 Å². The Morgan fingerprint density at radius 3 is 3.27 bits per heavy atom. The summed E-state index contributed by atoms with van der Waals surface area (Å²) in [6.45, 7) is 0. The van der Waals surface area contributed by atoms with E-state index in [4.69, 9.17) is 5.26 Å². The molecule has 0 atom stereocenters. The van der Waals surface area contributed by atoms with E-state index in [1.807, 2.05) is 11.6 Å². The normalized spacial score (nSPS) is 15.0. The van der Waals surface area contributed by atoms with E-state index in [2.05, 4.69) is 11.1 Å². The summed E-state index contributed by atoms with van der Waals surface area (Å²) in [6, 6.07) is 2.17. The number of thiazole rings is 1. The van der Waals surface area contributed by atoms with Crippen molar-refractivity contribution in [1.29, 1.82) is 5.26 Å². The van der Waals surface area contributed by atoms with E-state index in [0.717, 1.165) is 29.0 Å². The average Bonchev–Trinajstić information content (AvgIpc) is 2.50. The molecule has 2 rings (SSSR count). The predicted octanol–water partition coefficient (Wildman–Crippen LogP) is 2.00. The molecule has 1 aliphatic carbocycles. The minimum atomic E-state index is 0.854. The monoisotopic (exact) mass is 162 g/mol. The van der Waals surface area contributed by atoms with Crippen molar-refractivity contribution in [2.24, 2.45) is 0 Å². The van der Waals surface area contributed by atoms with Crippen LogP contribution in [0.2, 0.25) is 0 Å². The molecule has 0 unspecified atom stereocenters. The maximum absolute atomic E-state index is 8.62. The third-order valence-corrected chi connectivity index (χ3v) is 2.57. The molecule has 0 aliphatic heterocycles. The van der Waals surface area contributed by atoms with Crippen LogP contribution in [0.1, 0.15) is 17.0 Å². The van der Waals surface area contributed by atoms with Crippen LogP contribution in [-0.4, -0.2) is 4.98 Å². The van der Waals surface area contributed by atoms with E-state index in [-0.39, 0.29) is 0 Å². The van der Waals surface area contributed by atoms with Gasteiger partial charge in [-0.25, -0.2) is 4.98 Å². The van der Waals surface area contributed by atoms with Gasteiger partial charge in [0.2, 0.25) is 0 Å². The van der Waals surface area contributed by atoms with Crippen molar-refractivity contribution < 1.29 is 0 Å². The summed E-state index contributed by atoms with van der Waals surface area (Å²) in [4.78, 5) is 5.35. The van der Waals surface area contributed by atoms with Crippen molar-refractivity contribution in [2.45, 2.75) is 12.8 Å². The average molecular weight is 162 g/mol. The number of aryl methyl sites for hydroxylation is 1. The lowest BCUT2D eigenvalue weighted by molar-refractivity contribution is 0.920. The number of aromatic nitrogens is 1. The highest BCUT2D eigenvalue weighted by Gasteiger charge is 2.11. The van der Waals surface area contributed by atoms with Gasteiger partial charge < -0.3 is 0 Å². The van der Waals surface area contributed by atoms with Crippen molar-refractivity contribution >= 4 is 17.4 Å². The fourth-order valence-corrected chi connectivity index (χ4v) is 1.95. The van der Waals surface area contributed by atoms with Gasteiger partial charge in [-0.15, -0.1) is 11.3 Å². The highest BCUT2D eigenvalue weighted by Crippen LogP contribution is 2.25. The number of allylic oxidation sites excluding steroid dienone is 1. The summed E-state index contributed by atoms with van der Waals surface area (Å²) in [5, 5.41) is 8.62. The van der Waals surface area contributed by atoms with Crippen LogP contribution in [0.3, 0.4) is 0 Å². The second-order valence-corrected chi connectivity index (χ2v) is 3.33. The van der Waals surface area contributed by atoms with Gasteiger partial charge in [-0.1, -0.05) is 0 Å².